The van der Waals surface area contributed by atoms with Gasteiger partial charge in [-0.2, -0.15) is 0 Å². The number of carbonyl (C=O) groups is 1. The molecule has 0 spiro atoms. The number of hydrogen-bond acceptors (Lipinski definition) is 6. The average Bonchev–Trinajstić information content (AvgIpc) is 2.67. The first-order valence-electron chi connectivity index (χ1n) is 8.55. The Balaban J connectivity index is 2.00. The highest BCUT2D eigenvalue weighted by Crippen LogP contribution is 2.37. The van der Waals surface area contributed by atoms with E-state index in [1.165, 1.54) is 11.8 Å². The molecule has 2 aromatic rings. The quantitative estimate of drug-likeness (QED) is 0.735. The van der Waals surface area contributed by atoms with E-state index in [-0.39, 0.29) is 5.91 Å². The molecule has 0 fully saturated rings. The van der Waals surface area contributed by atoms with Crippen molar-refractivity contribution in [1.29, 1.82) is 0 Å². The fourth-order valence-corrected chi connectivity index (χ4v) is 4.29. The molecule has 0 aromatic heterocycles. The van der Waals surface area contributed by atoms with Gasteiger partial charge in [-0.25, -0.2) is 5.01 Å². The summed E-state index contributed by atoms with van der Waals surface area (Å²) in [6.07, 6.45) is -0.573. The number of rotatable bonds is 3. The number of amidine groups is 1. The van der Waals surface area contributed by atoms with Gasteiger partial charge < -0.3 is 4.74 Å². The van der Waals surface area contributed by atoms with E-state index >= 15 is 0 Å². The van der Waals surface area contributed by atoms with Crippen LogP contribution in [0.2, 0.25) is 5.02 Å². The lowest BCUT2D eigenvalue weighted by molar-refractivity contribution is -0.116. The summed E-state index contributed by atoms with van der Waals surface area (Å²) in [6.45, 7) is 2.00. The molecule has 9 heteroatoms. The molecule has 1 N–H and O–H groups in total. The lowest BCUT2D eigenvalue weighted by Gasteiger charge is -2.34. The highest BCUT2D eigenvalue weighted by Gasteiger charge is 2.35. The smallest absolute Gasteiger partial charge is 0.276 e. The molecule has 1 atom stereocenters. The van der Waals surface area contributed by atoms with Crippen LogP contribution in [0.25, 0.3) is 5.70 Å². The second-order valence-electron chi connectivity index (χ2n) is 6.04. The number of nitrogens with zero attached hydrogens (tertiary/aromatic N) is 3. The van der Waals surface area contributed by atoms with Gasteiger partial charge in [0.15, 0.2) is 11.3 Å². The number of amides is 1. The van der Waals surface area contributed by atoms with Crippen molar-refractivity contribution in [2.45, 2.75) is 13.1 Å². The van der Waals surface area contributed by atoms with E-state index in [1.54, 1.807) is 30.3 Å². The third kappa shape index (κ3) is 3.40. The predicted molar refractivity (Wildman–Crippen MR) is 115 cm³/mol. The number of nitrogens with one attached hydrogen (secondary N) is 1. The Kier molecular flexibility index (Phi) is 5.35. The van der Waals surface area contributed by atoms with Crippen LogP contribution in [-0.4, -0.2) is 28.9 Å². The minimum Gasteiger partial charge on any atom is -0.496 e. The number of fused-ring (bicyclic) bond motifs is 2. The molecule has 4 rings (SSSR count). The van der Waals surface area contributed by atoms with Crippen molar-refractivity contribution in [2.24, 2.45) is 10.1 Å². The van der Waals surface area contributed by atoms with Crippen LogP contribution in [0.4, 0.5) is 0 Å². The Hall–Kier alpha value is -2.03. The van der Waals surface area contributed by atoms with Crippen LogP contribution < -0.4 is 20.6 Å². The summed E-state index contributed by atoms with van der Waals surface area (Å²) in [6, 6.07) is 11.0. The Morgan fingerprint density at radius 2 is 2.14 bits per heavy atom. The zero-order valence-electron chi connectivity index (χ0n) is 15.1. The molecule has 2 aromatic carbocycles. The Morgan fingerprint density at radius 3 is 2.89 bits per heavy atom. The van der Waals surface area contributed by atoms with E-state index in [1.807, 2.05) is 25.1 Å². The molecular formula is C19H16BrClN4O2S. The van der Waals surface area contributed by atoms with E-state index < -0.39 is 6.17 Å². The fraction of sp³-hybridized carbons (Fsp3) is 0.211. The summed E-state index contributed by atoms with van der Waals surface area (Å²) in [5.41, 5.74) is 1.18. The van der Waals surface area contributed by atoms with Gasteiger partial charge in [0, 0.05) is 20.3 Å². The second-order valence-corrected chi connectivity index (χ2v) is 8.64. The number of hydrazone groups is 1. The second kappa shape index (κ2) is 7.77. The van der Waals surface area contributed by atoms with Gasteiger partial charge in [0.25, 0.3) is 5.91 Å². The third-order valence-corrected chi connectivity index (χ3v) is 5.80. The molecule has 0 saturated heterocycles. The van der Waals surface area contributed by atoms with Crippen LogP contribution in [0, 0.1) is 0 Å². The first-order chi connectivity index (χ1) is 13.5. The summed E-state index contributed by atoms with van der Waals surface area (Å²) >= 11 is 11.2. The minimum absolute atomic E-state index is 0.216. The molecule has 1 unspecified atom stereocenters. The Labute approximate surface area is 179 Å². The molecule has 0 bridgehead atoms. The highest BCUT2D eigenvalue weighted by atomic mass is 79.9. The molecule has 6 nitrogen and oxygen atoms in total. The molecule has 2 aliphatic heterocycles. The number of methoxy groups -OCH3 is 1. The van der Waals surface area contributed by atoms with Crippen molar-refractivity contribution in [3.8, 4) is 5.75 Å². The molecule has 2 aliphatic rings. The molecule has 0 saturated carbocycles. The van der Waals surface area contributed by atoms with E-state index in [9.17, 15) is 4.79 Å². The SMILES string of the molecule is CCSC1=NN2C(=c3cc(Br)ccc3=NC2c2cc(Cl)ccc2OC)C(=O)N1. The lowest BCUT2D eigenvalue weighted by Crippen LogP contribution is -2.50. The van der Waals surface area contributed by atoms with Crippen molar-refractivity contribution in [1.82, 2.24) is 10.3 Å². The molecular weight excluding hydrogens is 464 g/mol. The molecule has 2 heterocycles. The molecule has 144 valence electrons. The largest absolute Gasteiger partial charge is 0.496 e. The van der Waals surface area contributed by atoms with Gasteiger partial charge in [-0.15, -0.1) is 5.10 Å². The monoisotopic (exact) mass is 478 g/mol. The first-order valence-corrected chi connectivity index (χ1v) is 10.7. The van der Waals surface area contributed by atoms with Gasteiger partial charge in [-0.05, 0) is 42.2 Å². The zero-order chi connectivity index (χ0) is 19.8. The molecule has 0 aliphatic carbocycles. The summed E-state index contributed by atoms with van der Waals surface area (Å²) in [5, 5.41) is 11.7. The van der Waals surface area contributed by atoms with E-state index in [4.69, 9.17) is 21.3 Å². The Morgan fingerprint density at radius 1 is 1.32 bits per heavy atom. The molecule has 0 radical (unpaired) electrons. The van der Waals surface area contributed by atoms with Crippen molar-refractivity contribution in [2.75, 3.05) is 12.9 Å². The van der Waals surface area contributed by atoms with Crippen LogP contribution in [0.5, 0.6) is 5.75 Å². The molecule has 28 heavy (non-hydrogen) atoms. The van der Waals surface area contributed by atoms with E-state index in [0.29, 0.717) is 32.2 Å². The van der Waals surface area contributed by atoms with Crippen molar-refractivity contribution in [3.05, 3.63) is 62.0 Å². The maximum absolute atomic E-state index is 13.0. The van der Waals surface area contributed by atoms with Gasteiger partial charge in [0.1, 0.15) is 11.4 Å². The van der Waals surface area contributed by atoms with Gasteiger partial charge in [0.2, 0.25) is 0 Å². The maximum Gasteiger partial charge on any atom is 0.276 e. The zero-order valence-corrected chi connectivity index (χ0v) is 18.2. The van der Waals surface area contributed by atoms with Crippen LogP contribution in [0.15, 0.2) is 51.0 Å². The number of carbonyl (C=O) groups excluding carboxylic acids is 1. The summed E-state index contributed by atoms with van der Waals surface area (Å²) < 4.78 is 6.38. The summed E-state index contributed by atoms with van der Waals surface area (Å²) in [5.74, 6) is 1.20. The third-order valence-electron chi connectivity index (χ3n) is 4.32. The van der Waals surface area contributed by atoms with E-state index in [2.05, 4.69) is 26.3 Å². The lowest BCUT2D eigenvalue weighted by atomic mass is 10.1. The van der Waals surface area contributed by atoms with Crippen molar-refractivity contribution in [3.63, 3.8) is 0 Å². The van der Waals surface area contributed by atoms with Crippen LogP contribution in [-0.2, 0) is 4.79 Å². The number of ether oxygens (including phenoxy) is 1. The topological polar surface area (TPSA) is 66.3 Å². The highest BCUT2D eigenvalue weighted by molar-refractivity contribution is 9.10. The van der Waals surface area contributed by atoms with Crippen molar-refractivity contribution < 1.29 is 9.53 Å². The van der Waals surface area contributed by atoms with Crippen molar-refractivity contribution >= 4 is 56.1 Å². The summed E-state index contributed by atoms with van der Waals surface area (Å²) in [7, 11) is 1.59. The van der Waals surface area contributed by atoms with Crippen LogP contribution in [0.3, 0.4) is 0 Å². The van der Waals surface area contributed by atoms with Crippen LogP contribution in [0.1, 0.15) is 18.7 Å². The normalized spacial score (nSPS) is 17.9. The predicted octanol–water partition coefficient (Wildman–Crippen LogP) is 3.01. The number of benzene rings is 2. The average molecular weight is 480 g/mol. The van der Waals surface area contributed by atoms with Gasteiger partial charge in [0.05, 0.1) is 12.5 Å². The molecule has 1 amide bonds. The fourth-order valence-electron chi connectivity index (χ4n) is 3.16. The first kappa shape index (κ1) is 19.3. The maximum atomic E-state index is 13.0. The Bertz CT molecular complexity index is 1120. The number of thioether (sulfide) groups is 1. The minimum atomic E-state index is -0.573. The van der Waals surface area contributed by atoms with Gasteiger partial charge in [-0.3, -0.25) is 15.1 Å². The van der Waals surface area contributed by atoms with Gasteiger partial charge in [-0.1, -0.05) is 46.2 Å². The van der Waals surface area contributed by atoms with Crippen LogP contribution >= 0.6 is 39.3 Å². The number of hydrogen-bond donors (Lipinski definition) is 1. The van der Waals surface area contributed by atoms with E-state index in [0.717, 1.165) is 15.8 Å². The summed E-state index contributed by atoms with van der Waals surface area (Å²) in [4.78, 5) is 17.9. The number of halogens is 2. The van der Waals surface area contributed by atoms with Gasteiger partial charge >= 0.3 is 0 Å². The standard InChI is InChI=1S/C19H16BrClN4O2S/c1-3-28-19-23-18(26)16-12-8-10(20)4-6-14(12)22-17(25(16)24-19)13-9-11(21)5-7-15(13)27-2/h4-9,17H,3H2,1-2H3,(H,23,24,26).